The van der Waals surface area contributed by atoms with E-state index in [-0.39, 0.29) is 6.04 Å². The lowest BCUT2D eigenvalue weighted by Crippen LogP contribution is -2.12. The van der Waals surface area contributed by atoms with Crippen molar-refractivity contribution in [3.8, 4) is 0 Å². The van der Waals surface area contributed by atoms with Gasteiger partial charge < -0.3 is 10.2 Å². The van der Waals surface area contributed by atoms with Crippen molar-refractivity contribution in [1.82, 2.24) is 14.8 Å². The van der Waals surface area contributed by atoms with Crippen molar-refractivity contribution in [3.63, 3.8) is 0 Å². The van der Waals surface area contributed by atoms with Crippen LogP contribution in [0, 0.1) is 13.8 Å². The molecule has 0 aromatic carbocycles. The molecule has 0 aliphatic rings. The van der Waals surface area contributed by atoms with Crippen molar-refractivity contribution in [2.24, 2.45) is 0 Å². The Labute approximate surface area is 127 Å². The molecule has 0 bridgehead atoms. The Kier molecular flexibility index (Phi) is 4.50. The van der Waals surface area contributed by atoms with Crippen molar-refractivity contribution >= 4 is 11.5 Å². The average Bonchev–Trinajstić information content (AvgIpc) is 2.73. The quantitative estimate of drug-likeness (QED) is 0.917. The predicted molar refractivity (Wildman–Crippen MR) is 88.0 cm³/mol. The van der Waals surface area contributed by atoms with E-state index in [1.54, 1.807) is 0 Å². The summed E-state index contributed by atoms with van der Waals surface area (Å²) in [6.07, 6.45) is 1.88. The molecular formula is C16H25N5. The third-order valence-corrected chi connectivity index (χ3v) is 3.76. The van der Waals surface area contributed by atoms with Crippen LogP contribution in [0.25, 0.3) is 0 Å². The molecule has 1 unspecified atom stereocenters. The van der Waals surface area contributed by atoms with E-state index in [2.05, 4.69) is 53.8 Å². The molecule has 21 heavy (non-hydrogen) atoms. The Balaban J connectivity index is 2.18. The van der Waals surface area contributed by atoms with Crippen LogP contribution in [0.4, 0.5) is 11.5 Å². The van der Waals surface area contributed by atoms with Crippen molar-refractivity contribution in [1.29, 1.82) is 0 Å². The molecule has 0 aliphatic carbocycles. The molecule has 2 aromatic heterocycles. The zero-order valence-electron chi connectivity index (χ0n) is 13.8. The van der Waals surface area contributed by atoms with E-state index in [0.717, 1.165) is 23.7 Å². The highest BCUT2D eigenvalue weighted by atomic mass is 15.3. The van der Waals surface area contributed by atoms with Gasteiger partial charge in [-0.15, -0.1) is 0 Å². The molecular weight excluding hydrogens is 262 g/mol. The zero-order chi connectivity index (χ0) is 15.6. The first-order valence-electron chi connectivity index (χ1n) is 7.37. The largest absolute Gasteiger partial charge is 0.377 e. The minimum atomic E-state index is 0.206. The molecule has 114 valence electrons. The summed E-state index contributed by atoms with van der Waals surface area (Å²) in [6.45, 7) is 9.38. The van der Waals surface area contributed by atoms with Gasteiger partial charge in [-0.2, -0.15) is 5.10 Å². The fraction of sp³-hybridized carbons (Fsp3) is 0.500. The number of aromatic nitrogens is 3. The van der Waals surface area contributed by atoms with Gasteiger partial charge in [0.1, 0.15) is 5.82 Å². The Morgan fingerprint density at radius 1 is 1.29 bits per heavy atom. The molecule has 2 aromatic rings. The van der Waals surface area contributed by atoms with E-state index in [1.165, 1.54) is 11.3 Å². The second-order valence-electron chi connectivity index (χ2n) is 5.57. The summed E-state index contributed by atoms with van der Waals surface area (Å²) >= 11 is 0. The van der Waals surface area contributed by atoms with Gasteiger partial charge in [0, 0.05) is 31.9 Å². The molecule has 1 atom stereocenters. The molecule has 1 N–H and O–H groups in total. The molecule has 2 heterocycles. The number of pyridine rings is 1. The third kappa shape index (κ3) is 3.17. The van der Waals surface area contributed by atoms with E-state index in [9.17, 15) is 0 Å². The van der Waals surface area contributed by atoms with Crippen LogP contribution < -0.4 is 10.2 Å². The van der Waals surface area contributed by atoms with E-state index < -0.39 is 0 Å². The van der Waals surface area contributed by atoms with Gasteiger partial charge in [-0.05, 0) is 39.8 Å². The number of hydrogen-bond acceptors (Lipinski definition) is 4. The summed E-state index contributed by atoms with van der Waals surface area (Å²) < 4.78 is 2.05. The SMILES string of the molecule is CCn1nc(C)c(C(C)Nc2ccc(N(C)C)nc2)c1C. The molecule has 0 saturated carbocycles. The lowest BCUT2D eigenvalue weighted by Gasteiger charge is -2.17. The Hall–Kier alpha value is -2.04. The van der Waals surface area contributed by atoms with Crippen LogP contribution >= 0.6 is 0 Å². The van der Waals surface area contributed by atoms with Crippen LogP contribution in [0.1, 0.15) is 36.8 Å². The summed E-state index contributed by atoms with van der Waals surface area (Å²) in [6, 6.07) is 4.29. The number of nitrogens with one attached hydrogen (secondary N) is 1. The standard InChI is InChI=1S/C16H25N5/c1-7-21-13(4)16(12(3)19-21)11(2)18-14-8-9-15(17-10-14)20(5)6/h8-11,18H,7H2,1-6H3. The van der Waals surface area contributed by atoms with Crippen LogP contribution in [-0.2, 0) is 6.54 Å². The minimum absolute atomic E-state index is 0.206. The Bertz CT molecular complexity index is 598. The summed E-state index contributed by atoms with van der Waals surface area (Å²) in [7, 11) is 3.98. The lowest BCUT2D eigenvalue weighted by atomic mass is 10.1. The highest BCUT2D eigenvalue weighted by molar-refractivity contribution is 5.49. The summed E-state index contributed by atoms with van der Waals surface area (Å²) in [5.41, 5.74) is 4.62. The molecule has 0 saturated heterocycles. The summed E-state index contributed by atoms with van der Waals surface area (Å²) in [4.78, 5) is 6.43. The number of aryl methyl sites for hydroxylation is 2. The maximum absolute atomic E-state index is 4.58. The maximum atomic E-state index is 4.58. The molecule has 0 radical (unpaired) electrons. The predicted octanol–water partition coefficient (Wildman–Crippen LogP) is 3.15. The van der Waals surface area contributed by atoms with Gasteiger partial charge in [-0.3, -0.25) is 4.68 Å². The van der Waals surface area contributed by atoms with Gasteiger partial charge in [-0.25, -0.2) is 4.98 Å². The van der Waals surface area contributed by atoms with Crippen molar-refractivity contribution in [2.45, 2.75) is 40.3 Å². The van der Waals surface area contributed by atoms with Crippen molar-refractivity contribution in [3.05, 3.63) is 35.3 Å². The fourth-order valence-corrected chi connectivity index (χ4v) is 2.70. The van der Waals surface area contributed by atoms with E-state index in [0.29, 0.717) is 0 Å². The Morgan fingerprint density at radius 3 is 2.48 bits per heavy atom. The second kappa shape index (κ2) is 6.16. The third-order valence-electron chi connectivity index (χ3n) is 3.76. The number of nitrogens with zero attached hydrogens (tertiary/aromatic N) is 4. The number of rotatable bonds is 5. The van der Waals surface area contributed by atoms with Crippen molar-refractivity contribution in [2.75, 3.05) is 24.3 Å². The van der Waals surface area contributed by atoms with Gasteiger partial charge in [0.05, 0.1) is 23.6 Å². The topological polar surface area (TPSA) is 46.0 Å². The molecule has 0 aliphatic heterocycles. The second-order valence-corrected chi connectivity index (χ2v) is 5.57. The van der Waals surface area contributed by atoms with Gasteiger partial charge in [-0.1, -0.05) is 0 Å². The molecule has 0 amide bonds. The minimum Gasteiger partial charge on any atom is -0.377 e. The molecule has 5 heteroatoms. The van der Waals surface area contributed by atoms with Gasteiger partial charge in [0.2, 0.25) is 0 Å². The highest BCUT2D eigenvalue weighted by Crippen LogP contribution is 2.25. The van der Waals surface area contributed by atoms with Gasteiger partial charge in [0.25, 0.3) is 0 Å². The normalized spacial score (nSPS) is 12.3. The molecule has 0 fully saturated rings. The van der Waals surface area contributed by atoms with Crippen LogP contribution in [-0.4, -0.2) is 28.9 Å². The average molecular weight is 287 g/mol. The lowest BCUT2D eigenvalue weighted by molar-refractivity contribution is 0.632. The van der Waals surface area contributed by atoms with E-state index in [4.69, 9.17) is 0 Å². The first-order chi connectivity index (χ1) is 9.93. The van der Waals surface area contributed by atoms with Crippen LogP contribution in [0.3, 0.4) is 0 Å². The number of hydrogen-bond donors (Lipinski definition) is 1. The Morgan fingerprint density at radius 2 is 2.00 bits per heavy atom. The highest BCUT2D eigenvalue weighted by Gasteiger charge is 2.17. The van der Waals surface area contributed by atoms with Crippen molar-refractivity contribution < 1.29 is 0 Å². The molecule has 2 rings (SSSR count). The fourth-order valence-electron chi connectivity index (χ4n) is 2.70. The van der Waals surface area contributed by atoms with Crippen LogP contribution in [0.15, 0.2) is 18.3 Å². The first kappa shape index (κ1) is 15.4. The maximum Gasteiger partial charge on any atom is 0.128 e. The van der Waals surface area contributed by atoms with Crippen LogP contribution in [0.5, 0.6) is 0 Å². The van der Waals surface area contributed by atoms with Crippen LogP contribution in [0.2, 0.25) is 0 Å². The smallest absolute Gasteiger partial charge is 0.128 e. The summed E-state index contributed by atoms with van der Waals surface area (Å²) in [5.74, 6) is 0.958. The first-order valence-corrected chi connectivity index (χ1v) is 7.37. The molecule has 5 nitrogen and oxygen atoms in total. The number of anilines is 2. The van der Waals surface area contributed by atoms with Gasteiger partial charge in [0.15, 0.2) is 0 Å². The zero-order valence-corrected chi connectivity index (χ0v) is 13.8. The van der Waals surface area contributed by atoms with E-state index >= 15 is 0 Å². The summed E-state index contributed by atoms with van der Waals surface area (Å²) in [5, 5.41) is 8.09. The monoisotopic (exact) mass is 287 g/mol. The van der Waals surface area contributed by atoms with E-state index in [1.807, 2.05) is 31.3 Å². The van der Waals surface area contributed by atoms with Gasteiger partial charge >= 0.3 is 0 Å². The molecule has 0 spiro atoms.